The molecule has 2 unspecified atom stereocenters. The molecule has 0 bridgehead atoms. The summed E-state index contributed by atoms with van der Waals surface area (Å²) in [5.41, 5.74) is 0.787. The third kappa shape index (κ3) is 7.97. The zero-order chi connectivity index (χ0) is 19.7. The van der Waals surface area contributed by atoms with Gasteiger partial charge in [-0.2, -0.15) is 0 Å². The molecule has 1 aromatic rings. The summed E-state index contributed by atoms with van der Waals surface area (Å²) in [6.45, 7) is 0. The van der Waals surface area contributed by atoms with Crippen LogP contribution in [0.5, 0.6) is 5.75 Å². The van der Waals surface area contributed by atoms with Crippen molar-refractivity contribution in [2.75, 3.05) is 7.11 Å². The van der Waals surface area contributed by atoms with Gasteiger partial charge in [0, 0.05) is 17.9 Å². The maximum atomic E-state index is 12.3. The fourth-order valence-corrected chi connectivity index (χ4v) is 4.21. The van der Waals surface area contributed by atoms with Gasteiger partial charge in [-0.05, 0) is 61.8 Å². The Morgan fingerprint density at radius 1 is 1.30 bits per heavy atom. The van der Waals surface area contributed by atoms with E-state index < -0.39 is 16.0 Å². The maximum absolute atomic E-state index is 12.3. The molecular weight excluding hydrogens is 366 g/mol. The lowest BCUT2D eigenvalue weighted by atomic mass is 10.1. The van der Waals surface area contributed by atoms with Crippen molar-refractivity contribution < 1.29 is 23.1 Å². The SMILES string of the molecule is COc1ccc(C=CS(=O)(=O)NC2CCC(C=CCCCC(=O)O)C2)cc1. The number of aliphatic carboxylic acids is 1. The van der Waals surface area contributed by atoms with Crippen molar-refractivity contribution >= 4 is 22.1 Å². The van der Waals surface area contributed by atoms with Gasteiger partial charge in [-0.1, -0.05) is 24.3 Å². The van der Waals surface area contributed by atoms with Gasteiger partial charge in [-0.25, -0.2) is 13.1 Å². The van der Waals surface area contributed by atoms with E-state index in [-0.39, 0.29) is 12.5 Å². The summed E-state index contributed by atoms with van der Waals surface area (Å²) in [4.78, 5) is 10.5. The highest BCUT2D eigenvalue weighted by atomic mass is 32.2. The fraction of sp³-hybridized carbons (Fsp3) is 0.450. The van der Waals surface area contributed by atoms with E-state index in [2.05, 4.69) is 10.8 Å². The van der Waals surface area contributed by atoms with Crippen LogP contribution in [0.2, 0.25) is 0 Å². The van der Waals surface area contributed by atoms with Crippen molar-refractivity contribution in [2.24, 2.45) is 5.92 Å². The van der Waals surface area contributed by atoms with E-state index in [1.165, 1.54) is 5.41 Å². The van der Waals surface area contributed by atoms with Crippen LogP contribution in [0.4, 0.5) is 0 Å². The first-order valence-corrected chi connectivity index (χ1v) is 10.7. The number of rotatable bonds is 10. The lowest BCUT2D eigenvalue weighted by Crippen LogP contribution is -2.31. The monoisotopic (exact) mass is 393 g/mol. The standard InChI is InChI=1S/C20H27NO5S/c1-26-19-11-8-16(9-12-19)13-14-27(24,25)21-18-10-7-17(15-18)5-3-2-4-6-20(22)23/h3,5,8-9,11-14,17-18,21H,2,4,6-7,10,15H2,1H3,(H,22,23). The molecule has 0 heterocycles. The van der Waals surface area contributed by atoms with Crippen molar-refractivity contribution in [2.45, 2.75) is 44.6 Å². The number of methoxy groups -OCH3 is 1. The summed E-state index contributed by atoms with van der Waals surface area (Å²) in [6, 6.07) is 7.09. The summed E-state index contributed by atoms with van der Waals surface area (Å²) in [6.07, 6.45) is 9.72. The Labute approximate surface area is 161 Å². The quantitative estimate of drug-likeness (QED) is 0.468. The molecule has 2 atom stereocenters. The van der Waals surface area contributed by atoms with Crippen molar-refractivity contribution in [1.29, 1.82) is 0 Å². The average molecular weight is 394 g/mol. The molecule has 1 aromatic carbocycles. The molecule has 148 valence electrons. The largest absolute Gasteiger partial charge is 0.497 e. The van der Waals surface area contributed by atoms with Gasteiger partial charge in [0.1, 0.15) is 5.75 Å². The molecular formula is C20H27NO5S. The lowest BCUT2D eigenvalue weighted by molar-refractivity contribution is -0.137. The third-order valence-electron chi connectivity index (χ3n) is 4.53. The second-order valence-corrected chi connectivity index (χ2v) is 8.32. The van der Waals surface area contributed by atoms with Crippen LogP contribution in [0.1, 0.15) is 44.1 Å². The first-order chi connectivity index (χ1) is 12.9. The highest BCUT2D eigenvalue weighted by Gasteiger charge is 2.25. The topological polar surface area (TPSA) is 92.7 Å². The van der Waals surface area contributed by atoms with Crippen molar-refractivity contribution in [1.82, 2.24) is 4.72 Å². The lowest BCUT2D eigenvalue weighted by Gasteiger charge is -2.10. The Hall–Kier alpha value is -2.12. The normalized spacial score (nSPS) is 20.5. The zero-order valence-electron chi connectivity index (χ0n) is 15.5. The second kappa shape index (κ2) is 10.3. The number of unbranched alkanes of at least 4 members (excludes halogenated alkanes) is 1. The fourth-order valence-electron chi connectivity index (χ4n) is 3.11. The predicted octanol–water partition coefficient (Wildman–Crippen LogP) is 3.57. The molecule has 0 saturated heterocycles. The molecule has 0 spiro atoms. The van der Waals surface area contributed by atoms with Crippen molar-refractivity contribution in [3.05, 3.63) is 47.4 Å². The van der Waals surface area contributed by atoms with Gasteiger partial charge in [0.2, 0.25) is 10.0 Å². The number of hydrogen-bond acceptors (Lipinski definition) is 4. The molecule has 2 N–H and O–H groups in total. The van der Waals surface area contributed by atoms with E-state index in [1.54, 1.807) is 37.5 Å². The van der Waals surface area contributed by atoms with E-state index in [9.17, 15) is 13.2 Å². The summed E-state index contributed by atoms with van der Waals surface area (Å²) in [7, 11) is -1.91. The van der Waals surface area contributed by atoms with Crippen LogP contribution >= 0.6 is 0 Å². The summed E-state index contributed by atoms with van der Waals surface area (Å²) in [5, 5.41) is 9.81. The van der Waals surface area contributed by atoms with E-state index in [1.807, 2.05) is 6.08 Å². The van der Waals surface area contributed by atoms with E-state index in [0.717, 1.165) is 37.0 Å². The van der Waals surface area contributed by atoms with Gasteiger partial charge >= 0.3 is 5.97 Å². The molecule has 0 aromatic heterocycles. The highest BCUT2D eigenvalue weighted by molar-refractivity contribution is 7.92. The van der Waals surface area contributed by atoms with Crippen LogP contribution in [0, 0.1) is 5.92 Å². The second-order valence-electron chi connectivity index (χ2n) is 6.72. The van der Waals surface area contributed by atoms with Gasteiger partial charge in [0.25, 0.3) is 0 Å². The van der Waals surface area contributed by atoms with Crippen molar-refractivity contribution in [3.63, 3.8) is 0 Å². The number of carboxylic acids is 1. The first kappa shape index (κ1) is 21.2. The summed E-state index contributed by atoms with van der Waals surface area (Å²) < 4.78 is 32.3. The summed E-state index contributed by atoms with van der Waals surface area (Å²) in [5.74, 6) is 0.288. The van der Waals surface area contributed by atoms with Gasteiger partial charge in [0.05, 0.1) is 7.11 Å². The number of benzene rings is 1. The molecule has 1 fully saturated rings. The van der Waals surface area contributed by atoms with Crippen molar-refractivity contribution in [3.8, 4) is 5.75 Å². The molecule has 7 heteroatoms. The number of carbonyl (C=O) groups is 1. The smallest absolute Gasteiger partial charge is 0.303 e. The molecule has 0 radical (unpaired) electrons. The summed E-state index contributed by atoms with van der Waals surface area (Å²) >= 11 is 0. The van der Waals surface area contributed by atoms with Crippen LogP contribution in [0.25, 0.3) is 6.08 Å². The van der Waals surface area contributed by atoms with Crippen LogP contribution in [0.3, 0.4) is 0 Å². The van der Waals surface area contributed by atoms with E-state index >= 15 is 0 Å². The Bertz CT molecular complexity index is 768. The Kier molecular flexibility index (Phi) is 8.06. The predicted molar refractivity (Wildman–Crippen MR) is 106 cm³/mol. The average Bonchev–Trinajstić information content (AvgIpc) is 3.06. The minimum Gasteiger partial charge on any atom is -0.497 e. The molecule has 0 amide bonds. The highest BCUT2D eigenvalue weighted by Crippen LogP contribution is 2.27. The van der Waals surface area contributed by atoms with Gasteiger partial charge in [-0.3, -0.25) is 4.79 Å². The molecule has 0 aliphatic heterocycles. The number of hydrogen-bond donors (Lipinski definition) is 2. The van der Waals surface area contributed by atoms with Gasteiger partial charge < -0.3 is 9.84 Å². The molecule has 6 nitrogen and oxygen atoms in total. The van der Waals surface area contributed by atoms with E-state index in [4.69, 9.17) is 9.84 Å². The van der Waals surface area contributed by atoms with Gasteiger partial charge in [0.15, 0.2) is 0 Å². The minimum atomic E-state index is -3.49. The van der Waals surface area contributed by atoms with E-state index in [0.29, 0.717) is 12.3 Å². The number of nitrogens with one attached hydrogen (secondary N) is 1. The van der Waals surface area contributed by atoms with Crippen LogP contribution in [-0.2, 0) is 14.8 Å². The minimum absolute atomic E-state index is 0.0656. The number of allylic oxidation sites excluding steroid dienone is 2. The molecule has 1 saturated carbocycles. The third-order valence-corrected chi connectivity index (χ3v) is 5.69. The zero-order valence-corrected chi connectivity index (χ0v) is 16.3. The Balaban J connectivity index is 1.79. The number of carboxylic acid groups (broad SMARTS) is 1. The molecule has 1 aliphatic rings. The first-order valence-electron chi connectivity index (χ1n) is 9.11. The number of sulfonamides is 1. The maximum Gasteiger partial charge on any atom is 0.303 e. The molecule has 27 heavy (non-hydrogen) atoms. The van der Waals surface area contributed by atoms with Crippen LogP contribution in [-0.4, -0.2) is 32.6 Å². The number of ether oxygens (including phenoxy) is 1. The molecule has 2 rings (SSSR count). The molecule has 1 aliphatic carbocycles. The van der Waals surface area contributed by atoms with Gasteiger partial charge in [-0.15, -0.1) is 0 Å². The van der Waals surface area contributed by atoms with Crippen LogP contribution < -0.4 is 9.46 Å². The Morgan fingerprint density at radius 2 is 2.04 bits per heavy atom. The Morgan fingerprint density at radius 3 is 2.70 bits per heavy atom. The van der Waals surface area contributed by atoms with Crippen LogP contribution in [0.15, 0.2) is 41.8 Å².